The number of nitrogens with zero attached hydrogens (tertiary/aromatic N) is 2. The Kier molecular flexibility index (Phi) is 7.31. The molecule has 1 N–H and O–H groups in total. The van der Waals surface area contributed by atoms with Crippen LogP contribution in [0.25, 0.3) is 0 Å². The van der Waals surface area contributed by atoms with Gasteiger partial charge in [-0.1, -0.05) is 24.6 Å². The van der Waals surface area contributed by atoms with Gasteiger partial charge in [-0.3, -0.25) is 4.79 Å². The Morgan fingerprint density at radius 1 is 1.14 bits per heavy atom. The third-order valence-electron chi connectivity index (χ3n) is 5.76. The molecule has 0 atom stereocenters. The van der Waals surface area contributed by atoms with Crippen molar-refractivity contribution in [3.63, 3.8) is 0 Å². The number of likely N-dealkylation sites (tertiary alicyclic amines) is 1. The highest BCUT2D eigenvalue weighted by Crippen LogP contribution is 2.25. The zero-order valence-electron chi connectivity index (χ0n) is 17.2. The van der Waals surface area contributed by atoms with Crippen LogP contribution in [0, 0.1) is 6.92 Å². The van der Waals surface area contributed by atoms with Crippen LogP contribution in [0.5, 0.6) is 0 Å². The molecule has 6 nitrogen and oxygen atoms in total. The number of urea groups is 1. The molecule has 2 aliphatic rings. The number of ether oxygens (including phenoxy) is 1. The molecule has 0 spiro atoms. The molecule has 3 rings (SSSR count). The fraction of sp³-hybridized carbons (Fsp3) is 0.636. The Labute approximate surface area is 168 Å². The van der Waals surface area contributed by atoms with Crippen LogP contribution in [0.15, 0.2) is 24.3 Å². The number of carbonyl (C=O) groups excluding carboxylic acids is 2. The zero-order valence-corrected chi connectivity index (χ0v) is 17.2. The molecule has 0 aromatic heterocycles. The number of carbonyl (C=O) groups is 2. The minimum absolute atomic E-state index is 0.0391. The van der Waals surface area contributed by atoms with Crippen molar-refractivity contribution in [3.05, 3.63) is 35.4 Å². The van der Waals surface area contributed by atoms with Gasteiger partial charge < -0.3 is 19.9 Å². The molecule has 2 saturated heterocycles. The van der Waals surface area contributed by atoms with E-state index < -0.39 is 0 Å². The summed E-state index contributed by atoms with van der Waals surface area (Å²) in [5.74, 6) is 0.0928. The molecule has 2 aliphatic heterocycles. The Morgan fingerprint density at radius 2 is 1.82 bits per heavy atom. The first kappa shape index (κ1) is 20.6. The molecule has 6 heteroatoms. The molecule has 2 heterocycles. The van der Waals surface area contributed by atoms with Gasteiger partial charge in [0.15, 0.2) is 0 Å². The molecule has 0 saturated carbocycles. The van der Waals surface area contributed by atoms with E-state index >= 15 is 0 Å². The van der Waals surface area contributed by atoms with Crippen LogP contribution >= 0.6 is 0 Å². The summed E-state index contributed by atoms with van der Waals surface area (Å²) in [6.45, 7) is 7.58. The Balaban J connectivity index is 1.63. The van der Waals surface area contributed by atoms with Crippen LogP contribution in [-0.4, -0.2) is 66.7 Å². The van der Waals surface area contributed by atoms with Gasteiger partial charge in [0.05, 0.1) is 0 Å². The standard InChI is InChI=1S/C22H33N3O3/c1-3-11-23-22(27)25(20-9-14-28-15-10-20)19-7-12-24(13-8-19)21(26)18-6-4-5-17(2)16-18/h4-6,16,19-20H,3,7-15H2,1-2H3,(H,23,27). The number of nitrogens with one attached hydrogen (secondary N) is 1. The van der Waals surface area contributed by atoms with Crippen molar-refractivity contribution in [2.75, 3.05) is 32.8 Å². The fourth-order valence-electron chi connectivity index (χ4n) is 4.22. The van der Waals surface area contributed by atoms with E-state index in [1.165, 1.54) is 0 Å². The van der Waals surface area contributed by atoms with Gasteiger partial charge in [0, 0.05) is 50.5 Å². The van der Waals surface area contributed by atoms with Crippen molar-refractivity contribution in [2.45, 2.75) is 58.0 Å². The molecule has 154 valence electrons. The lowest BCUT2D eigenvalue weighted by molar-refractivity contribution is 0.0209. The first-order valence-electron chi connectivity index (χ1n) is 10.6. The number of hydrogen-bond donors (Lipinski definition) is 1. The van der Waals surface area contributed by atoms with E-state index in [0.717, 1.165) is 43.2 Å². The van der Waals surface area contributed by atoms with Crippen LogP contribution in [0.1, 0.15) is 54.9 Å². The predicted molar refractivity (Wildman–Crippen MR) is 109 cm³/mol. The normalized spacial score (nSPS) is 18.7. The maximum Gasteiger partial charge on any atom is 0.317 e. The lowest BCUT2D eigenvalue weighted by atomic mass is 9.97. The highest BCUT2D eigenvalue weighted by molar-refractivity contribution is 5.94. The Morgan fingerprint density at radius 3 is 2.46 bits per heavy atom. The van der Waals surface area contributed by atoms with Gasteiger partial charge in [-0.05, 0) is 51.2 Å². The Hall–Kier alpha value is -2.08. The molecule has 28 heavy (non-hydrogen) atoms. The molecular weight excluding hydrogens is 354 g/mol. The van der Waals surface area contributed by atoms with E-state index in [1.54, 1.807) is 0 Å². The lowest BCUT2D eigenvalue weighted by Crippen LogP contribution is -2.56. The third kappa shape index (κ3) is 5.04. The quantitative estimate of drug-likeness (QED) is 0.844. The molecule has 3 amide bonds. The Bertz CT molecular complexity index is 665. The van der Waals surface area contributed by atoms with Gasteiger partial charge >= 0.3 is 6.03 Å². The van der Waals surface area contributed by atoms with E-state index in [2.05, 4.69) is 17.1 Å². The molecule has 0 unspecified atom stereocenters. The molecule has 0 aliphatic carbocycles. The lowest BCUT2D eigenvalue weighted by Gasteiger charge is -2.43. The third-order valence-corrected chi connectivity index (χ3v) is 5.76. The van der Waals surface area contributed by atoms with Gasteiger partial charge in [-0.15, -0.1) is 0 Å². The van der Waals surface area contributed by atoms with Crippen LogP contribution in [-0.2, 0) is 4.74 Å². The first-order chi connectivity index (χ1) is 13.6. The number of benzene rings is 1. The number of hydrogen-bond acceptors (Lipinski definition) is 3. The number of piperidine rings is 1. The predicted octanol–water partition coefficient (Wildman–Crippen LogP) is 3.20. The van der Waals surface area contributed by atoms with E-state index in [0.29, 0.717) is 32.8 Å². The number of rotatable bonds is 5. The van der Waals surface area contributed by atoms with Crippen LogP contribution in [0.4, 0.5) is 4.79 Å². The van der Waals surface area contributed by atoms with E-state index in [1.807, 2.05) is 36.1 Å². The number of amides is 3. The summed E-state index contributed by atoms with van der Waals surface area (Å²) in [4.78, 5) is 29.7. The maximum absolute atomic E-state index is 12.9. The molecule has 2 fully saturated rings. The SMILES string of the molecule is CCCNC(=O)N(C1CCOCC1)C1CCN(C(=O)c2cccc(C)c2)CC1. The second-order valence-electron chi connectivity index (χ2n) is 7.88. The van der Waals surface area contributed by atoms with Crippen molar-refractivity contribution < 1.29 is 14.3 Å². The highest BCUT2D eigenvalue weighted by Gasteiger charge is 2.35. The van der Waals surface area contributed by atoms with Crippen molar-refractivity contribution in [2.24, 2.45) is 0 Å². The van der Waals surface area contributed by atoms with Crippen molar-refractivity contribution >= 4 is 11.9 Å². The molecule has 1 aromatic rings. The number of aryl methyl sites for hydroxylation is 1. The fourth-order valence-corrected chi connectivity index (χ4v) is 4.22. The van der Waals surface area contributed by atoms with Gasteiger partial charge in [0.2, 0.25) is 0 Å². The summed E-state index contributed by atoms with van der Waals surface area (Å²) < 4.78 is 5.49. The van der Waals surface area contributed by atoms with Crippen LogP contribution in [0.2, 0.25) is 0 Å². The average Bonchev–Trinajstić information content (AvgIpc) is 2.73. The summed E-state index contributed by atoms with van der Waals surface area (Å²) in [6.07, 6.45) is 4.36. The van der Waals surface area contributed by atoms with E-state index in [9.17, 15) is 9.59 Å². The van der Waals surface area contributed by atoms with E-state index in [4.69, 9.17) is 4.74 Å². The summed E-state index contributed by atoms with van der Waals surface area (Å²) in [5, 5.41) is 3.06. The van der Waals surface area contributed by atoms with Gasteiger partial charge in [-0.2, -0.15) is 0 Å². The van der Waals surface area contributed by atoms with Crippen molar-refractivity contribution in [3.8, 4) is 0 Å². The minimum atomic E-state index is 0.0391. The highest BCUT2D eigenvalue weighted by atomic mass is 16.5. The summed E-state index contributed by atoms with van der Waals surface area (Å²) in [7, 11) is 0. The zero-order chi connectivity index (χ0) is 19.9. The first-order valence-corrected chi connectivity index (χ1v) is 10.6. The summed E-state index contributed by atoms with van der Waals surface area (Å²) >= 11 is 0. The monoisotopic (exact) mass is 387 g/mol. The van der Waals surface area contributed by atoms with Gasteiger partial charge in [0.25, 0.3) is 5.91 Å². The maximum atomic E-state index is 12.9. The summed E-state index contributed by atoms with van der Waals surface area (Å²) in [6, 6.07) is 8.21. The second kappa shape index (κ2) is 9.92. The molecule has 0 bridgehead atoms. The largest absolute Gasteiger partial charge is 0.381 e. The molecular formula is C22H33N3O3. The minimum Gasteiger partial charge on any atom is -0.381 e. The average molecular weight is 388 g/mol. The van der Waals surface area contributed by atoms with Crippen molar-refractivity contribution in [1.29, 1.82) is 0 Å². The second-order valence-corrected chi connectivity index (χ2v) is 7.88. The van der Waals surface area contributed by atoms with Crippen molar-refractivity contribution in [1.82, 2.24) is 15.1 Å². The van der Waals surface area contributed by atoms with Gasteiger partial charge in [0.1, 0.15) is 0 Å². The summed E-state index contributed by atoms with van der Waals surface area (Å²) in [5.41, 5.74) is 1.85. The van der Waals surface area contributed by atoms with Crippen LogP contribution in [0.3, 0.4) is 0 Å². The molecule has 1 aromatic carbocycles. The molecule has 0 radical (unpaired) electrons. The topological polar surface area (TPSA) is 61.9 Å². The smallest absolute Gasteiger partial charge is 0.317 e. The van der Waals surface area contributed by atoms with Crippen LogP contribution < -0.4 is 5.32 Å². The van der Waals surface area contributed by atoms with Gasteiger partial charge in [-0.25, -0.2) is 4.79 Å². The van der Waals surface area contributed by atoms with E-state index in [-0.39, 0.29) is 24.0 Å².